The van der Waals surface area contributed by atoms with E-state index in [1.54, 1.807) is 40.1 Å². The molecule has 0 atom stereocenters. The predicted molar refractivity (Wildman–Crippen MR) is 104 cm³/mol. The lowest BCUT2D eigenvalue weighted by Gasteiger charge is -2.34. The molecule has 2 amide bonds. The average Bonchev–Trinajstić information content (AvgIpc) is 3.27. The average molecular weight is 396 g/mol. The number of carbonyl (C=O) groups is 2. The summed E-state index contributed by atoms with van der Waals surface area (Å²) in [7, 11) is 1.53. The molecule has 1 aliphatic heterocycles. The minimum atomic E-state index is -0.512. The van der Waals surface area contributed by atoms with Crippen molar-refractivity contribution in [2.75, 3.05) is 33.3 Å². The molecular weight excluding hydrogens is 376 g/mol. The molecule has 1 fully saturated rings. The quantitative estimate of drug-likeness (QED) is 0.626. The fourth-order valence-corrected chi connectivity index (χ4v) is 3.47. The number of carbonyl (C=O) groups excluding carboxylic acids is 2. The van der Waals surface area contributed by atoms with Crippen molar-refractivity contribution in [3.8, 4) is 5.75 Å². The minimum absolute atomic E-state index is 0.0839. The second-order valence-electron chi connectivity index (χ2n) is 6.78. The van der Waals surface area contributed by atoms with Crippen LogP contribution < -0.4 is 10.4 Å². The van der Waals surface area contributed by atoms with Gasteiger partial charge in [0.25, 0.3) is 5.91 Å². The van der Waals surface area contributed by atoms with E-state index in [2.05, 4.69) is 0 Å². The summed E-state index contributed by atoms with van der Waals surface area (Å²) in [5.41, 5.74) is 0.480. The number of hydrogen-bond acceptors (Lipinski definition) is 6. The zero-order valence-corrected chi connectivity index (χ0v) is 15.9. The molecule has 0 radical (unpaired) electrons. The van der Waals surface area contributed by atoms with E-state index in [4.69, 9.17) is 13.6 Å². The highest BCUT2D eigenvalue weighted by Crippen LogP contribution is 2.23. The van der Waals surface area contributed by atoms with Gasteiger partial charge in [0, 0.05) is 43.7 Å². The van der Waals surface area contributed by atoms with Crippen LogP contribution in [0.25, 0.3) is 11.0 Å². The van der Waals surface area contributed by atoms with Gasteiger partial charge in [-0.3, -0.25) is 9.59 Å². The van der Waals surface area contributed by atoms with Crippen molar-refractivity contribution in [3.05, 3.63) is 64.4 Å². The molecule has 0 spiro atoms. The third kappa shape index (κ3) is 3.87. The number of nitrogens with zero attached hydrogens (tertiary/aromatic N) is 2. The summed E-state index contributed by atoms with van der Waals surface area (Å²) >= 11 is 0. The number of fused-ring (bicyclic) bond motifs is 1. The summed E-state index contributed by atoms with van der Waals surface area (Å²) in [6.45, 7) is 1.72. The van der Waals surface area contributed by atoms with Gasteiger partial charge in [-0.1, -0.05) is 0 Å². The molecule has 0 aliphatic carbocycles. The number of piperazine rings is 1. The molecule has 4 rings (SSSR count). The van der Waals surface area contributed by atoms with Crippen LogP contribution in [0.5, 0.6) is 5.75 Å². The fraction of sp³-hybridized carbons (Fsp3) is 0.286. The van der Waals surface area contributed by atoms with Crippen LogP contribution in [0.4, 0.5) is 0 Å². The first-order chi connectivity index (χ1) is 14.0. The first-order valence-electron chi connectivity index (χ1n) is 9.26. The summed E-state index contributed by atoms with van der Waals surface area (Å²) in [4.78, 5) is 40.4. The maximum absolute atomic E-state index is 12.8. The number of amides is 2. The van der Waals surface area contributed by atoms with Gasteiger partial charge in [-0.15, -0.1) is 0 Å². The molecule has 0 bridgehead atoms. The SMILES string of the molecule is COc1ccc2c(CC(=O)N3CCN(C(=O)c4ccco4)CC3)cc(=O)oc2c1. The summed E-state index contributed by atoms with van der Waals surface area (Å²) in [5, 5.41) is 0.699. The molecule has 0 saturated carbocycles. The lowest BCUT2D eigenvalue weighted by Crippen LogP contribution is -2.51. The molecule has 1 saturated heterocycles. The molecule has 1 aliphatic rings. The highest BCUT2D eigenvalue weighted by molar-refractivity contribution is 5.92. The molecule has 2 aromatic heterocycles. The monoisotopic (exact) mass is 396 g/mol. The molecule has 8 heteroatoms. The molecule has 1 aromatic carbocycles. The Morgan fingerprint density at radius 3 is 2.52 bits per heavy atom. The van der Waals surface area contributed by atoms with Gasteiger partial charge in [0.1, 0.15) is 11.3 Å². The zero-order valence-electron chi connectivity index (χ0n) is 15.9. The Kier molecular flexibility index (Phi) is 5.07. The van der Waals surface area contributed by atoms with Crippen molar-refractivity contribution >= 4 is 22.8 Å². The van der Waals surface area contributed by atoms with Crippen molar-refractivity contribution in [2.45, 2.75) is 6.42 Å². The van der Waals surface area contributed by atoms with Gasteiger partial charge in [-0.2, -0.15) is 0 Å². The van der Waals surface area contributed by atoms with Crippen molar-refractivity contribution in [1.82, 2.24) is 9.80 Å². The predicted octanol–water partition coefficient (Wildman–Crippen LogP) is 1.92. The van der Waals surface area contributed by atoms with Crippen LogP contribution in [0.15, 0.2) is 56.3 Å². The maximum atomic E-state index is 12.8. The molecule has 0 unspecified atom stereocenters. The van der Waals surface area contributed by atoms with Crippen molar-refractivity contribution in [1.29, 1.82) is 0 Å². The Labute approximate surface area is 166 Å². The van der Waals surface area contributed by atoms with Gasteiger partial charge in [0.2, 0.25) is 5.91 Å². The van der Waals surface area contributed by atoms with E-state index < -0.39 is 5.63 Å². The third-order valence-corrected chi connectivity index (χ3v) is 5.03. The van der Waals surface area contributed by atoms with Gasteiger partial charge < -0.3 is 23.4 Å². The minimum Gasteiger partial charge on any atom is -0.497 e. The van der Waals surface area contributed by atoms with E-state index in [1.165, 1.54) is 19.4 Å². The molecular formula is C21H20N2O6. The number of hydrogen-bond donors (Lipinski definition) is 0. The first kappa shape index (κ1) is 18.8. The van der Waals surface area contributed by atoms with E-state index in [9.17, 15) is 14.4 Å². The van der Waals surface area contributed by atoms with E-state index >= 15 is 0 Å². The third-order valence-electron chi connectivity index (χ3n) is 5.03. The van der Waals surface area contributed by atoms with Crippen LogP contribution >= 0.6 is 0 Å². The van der Waals surface area contributed by atoms with E-state index in [0.29, 0.717) is 54.2 Å². The van der Waals surface area contributed by atoms with E-state index in [-0.39, 0.29) is 18.2 Å². The van der Waals surface area contributed by atoms with Crippen LogP contribution in [-0.4, -0.2) is 54.9 Å². The molecule has 29 heavy (non-hydrogen) atoms. The number of methoxy groups -OCH3 is 1. The Bertz CT molecular complexity index is 1090. The standard InChI is InChI=1S/C21H20N2O6/c1-27-15-4-5-16-14(12-20(25)29-18(16)13-15)11-19(24)22-6-8-23(9-7-22)21(26)17-3-2-10-28-17/h2-5,10,12-13H,6-9,11H2,1H3. The van der Waals surface area contributed by atoms with Gasteiger partial charge in [0.15, 0.2) is 5.76 Å². The van der Waals surface area contributed by atoms with Crippen molar-refractivity contribution in [2.24, 2.45) is 0 Å². The smallest absolute Gasteiger partial charge is 0.336 e. The summed E-state index contributed by atoms with van der Waals surface area (Å²) in [5.74, 6) is 0.588. The summed E-state index contributed by atoms with van der Waals surface area (Å²) < 4.78 is 15.5. The summed E-state index contributed by atoms with van der Waals surface area (Å²) in [6, 6.07) is 9.81. The molecule has 150 valence electrons. The maximum Gasteiger partial charge on any atom is 0.336 e. The Morgan fingerprint density at radius 1 is 1.07 bits per heavy atom. The highest BCUT2D eigenvalue weighted by Gasteiger charge is 2.26. The van der Waals surface area contributed by atoms with Crippen molar-refractivity contribution < 1.29 is 23.2 Å². The van der Waals surface area contributed by atoms with Crippen LogP contribution in [0.3, 0.4) is 0 Å². The second kappa shape index (κ2) is 7.83. The fourth-order valence-electron chi connectivity index (χ4n) is 3.47. The topological polar surface area (TPSA) is 93.2 Å². The van der Waals surface area contributed by atoms with E-state index in [0.717, 1.165) is 0 Å². The van der Waals surface area contributed by atoms with Crippen LogP contribution in [-0.2, 0) is 11.2 Å². The number of rotatable bonds is 4. The first-order valence-corrected chi connectivity index (χ1v) is 9.26. The van der Waals surface area contributed by atoms with Crippen LogP contribution in [0.2, 0.25) is 0 Å². The number of benzene rings is 1. The van der Waals surface area contributed by atoms with Gasteiger partial charge in [-0.25, -0.2) is 4.79 Å². The normalized spacial score (nSPS) is 14.2. The summed E-state index contributed by atoms with van der Waals surface area (Å²) in [6.07, 6.45) is 1.55. The Morgan fingerprint density at radius 2 is 1.83 bits per heavy atom. The van der Waals surface area contributed by atoms with E-state index in [1.807, 2.05) is 0 Å². The second-order valence-corrected chi connectivity index (χ2v) is 6.78. The molecule has 0 N–H and O–H groups in total. The van der Waals surface area contributed by atoms with Gasteiger partial charge in [0.05, 0.1) is 19.8 Å². The lowest BCUT2D eigenvalue weighted by atomic mass is 10.1. The van der Waals surface area contributed by atoms with Gasteiger partial charge >= 0.3 is 5.63 Å². The highest BCUT2D eigenvalue weighted by atomic mass is 16.5. The van der Waals surface area contributed by atoms with Crippen LogP contribution in [0.1, 0.15) is 16.1 Å². The molecule has 3 heterocycles. The Balaban J connectivity index is 1.45. The molecule has 3 aromatic rings. The Hall–Kier alpha value is -3.55. The number of ether oxygens (including phenoxy) is 1. The molecule has 8 nitrogen and oxygen atoms in total. The largest absolute Gasteiger partial charge is 0.497 e. The van der Waals surface area contributed by atoms with Crippen LogP contribution in [0, 0.1) is 0 Å². The van der Waals surface area contributed by atoms with Crippen molar-refractivity contribution in [3.63, 3.8) is 0 Å². The lowest BCUT2D eigenvalue weighted by molar-refractivity contribution is -0.131. The number of furan rings is 1. The zero-order chi connectivity index (χ0) is 20.4. The van der Waals surface area contributed by atoms with Gasteiger partial charge in [-0.05, 0) is 29.8 Å².